The van der Waals surface area contributed by atoms with Gasteiger partial charge in [0.25, 0.3) is 5.91 Å². The van der Waals surface area contributed by atoms with Gasteiger partial charge in [0.15, 0.2) is 0 Å². The molecule has 0 unspecified atom stereocenters. The molecule has 116 valence electrons. The second kappa shape index (κ2) is 5.23. The van der Waals surface area contributed by atoms with Crippen molar-refractivity contribution in [1.82, 2.24) is 14.9 Å². The Kier molecular flexibility index (Phi) is 3.18. The van der Waals surface area contributed by atoms with Crippen LogP contribution in [0.3, 0.4) is 0 Å². The Bertz CT molecular complexity index is 891. The van der Waals surface area contributed by atoms with Crippen LogP contribution in [-0.2, 0) is 6.54 Å². The zero-order valence-corrected chi connectivity index (χ0v) is 13.3. The van der Waals surface area contributed by atoms with E-state index in [0.29, 0.717) is 18.0 Å². The summed E-state index contributed by atoms with van der Waals surface area (Å²) < 4.78 is 2.16. The van der Waals surface area contributed by atoms with E-state index in [0.717, 1.165) is 29.0 Å². The highest BCUT2D eigenvalue weighted by Crippen LogP contribution is 2.29. The van der Waals surface area contributed by atoms with E-state index in [1.165, 1.54) is 5.56 Å². The molecule has 0 aliphatic carbocycles. The zero-order valence-electron chi connectivity index (χ0n) is 13.3. The molecule has 1 N–H and O–H groups in total. The largest absolute Gasteiger partial charge is 0.350 e. The summed E-state index contributed by atoms with van der Waals surface area (Å²) >= 11 is 0. The van der Waals surface area contributed by atoms with Crippen LogP contribution in [0.25, 0.3) is 22.4 Å². The molecule has 0 spiro atoms. The van der Waals surface area contributed by atoms with E-state index < -0.39 is 0 Å². The Hall–Kier alpha value is -2.62. The summed E-state index contributed by atoms with van der Waals surface area (Å²) in [6, 6.07) is 14.3. The van der Waals surface area contributed by atoms with Gasteiger partial charge in [0.2, 0.25) is 0 Å². The zero-order chi connectivity index (χ0) is 16.0. The average Bonchev–Trinajstić information content (AvgIpc) is 2.84. The lowest BCUT2D eigenvalue weighted by Crippen LogP contribution is -2.24. The molecule has 0 radical (unpaired) electrons. The third kappa shape index (κ3) is 2.22. The summed E-state index contributed by atoms with van der Waals surface area (Å²) in [5, 5.41) is 2.95. The highest BCUT2D eigenvalue weighted by atomic mass is 16.1. The molecule has 4 heteroatoms. The van der Waals surface area contributed by atoms with Crippen molar-refractivity contribution in [3.8, 4) is 11.4 Å². The van der Waals surface area contributed by atoms with E-state index in [2.05, 4.69) is 48.0 Å². The Balaban J connectivity index is 1.92. The molecule has 1 aliphatic rings. The monoisotopic (exact) mass is 305 g/mol. The minimum absolute atomic E-state index is 0.0176. The van der Waals surface area contributed by atoms with Gasteiger partial charge in [-0.05, 0) is 23.6 Å². The lowest BCUT2D eigenvalue weighted by Gasteiger charge is -2.09. The lowest BCUT2D eigenvalue weighted by molar-refractivity contribution is 0.0956. The number of carbonyl (C=O) groups excluding carboxylic acids is 1. The van der Waals surface area contributed by atoms with Crippen LogP contribution in [0, 0.1) is 0 Å². The number of nitrogens with one attached hydrogen (secondary N) is 1. The predicted octanol–water partition coefficient (Wildman–Crippen LogP) is 3.57. The van der Waals surface area contributed by atoms with Crippen molar-refractivity contribution in [1.29, 1.82) is 0 Å². The van der Waals surface area contributed by atoms with Crippen LogP contribution in [0.5, 0.6) is 0 Å². The molecule has 4 nitrogen and oxygen atoms in total. The number of imidazole rings is 1. The van der Waals surface area contributed by atoms with Gasteiger partial charge in [0.05, 0.1) is 16.6 Å². The van der Waals surface area contributed by atoms with Gasteiger partial charge < -0.3 is 9.88 Å². The normalized spacial score (nSPS) is 14.1. The van der Waals surface area contributed by atoms with Gasteiger partial charge in [-0.15, -0.1) is 0 Å². The molecule has 1 amide bonds. The summed E-state index contributed by atoms with van der Waals surface area (Å²) in [4.78, 5) is 17.0. The smallest absolute Gasteiger partial charge is 0.253 e. The maximum atomic E-state index is 12.2. The minimum atomic E-state index is -0.0176. The number of aromatic nitrogens is 2. The Labute approximate surface area is 135 Å². The van der Waals surface area contributed by atoms with E-state index in [-0.39, 0.29) is 5.91 Å². The summed E-state index contributed by atoms with van der Waals surface area (Å²) in [7, 11) is 0. The van der Waals surface area contributed by atoms with Crippen LogP contribution in [-0.4, -0.2) is 22.0 Å². The molecule has 3 aromatic rings. The van der Waals surface area contributed by atoms with E-state index in [4.69, 9.17) is 4.98 Å². The first kappa shape index (κ1) is 14.0. The van der Waals surface area contributed by atoms with Gasteiger partial charge >= 0.3 is 0 Å². The van der Waals surface area contributed by atoms with Gasteiger partial charge in [-0.2, -0.15) is 0 Å². The third-order valence-corrected chi connectivity index (χ3v) is 4.47. The van der Waals surface area contributed by atoms with Crippen molar-refractivity contribution >= 4 is 16.9 Å². The molecule has 0 bridgehead atoms. The first-order valence-corrected chi connectivity index (χ1v) is 8.03. The topological polar surface area (TPSA) is 46.9 Å². The van der Waals surface area contributed by atoms with Crippen LogP contribution in [0.2, 0.25) is 0 Å². The SMILES string of the molecule is CC(C)c1ccc(-c2nc3cccc4c3n2CCNC4=O)cc1. The number of nitrogens with zero attached hydrogens (tertiary/aromatic N) is 2. The summed E-state index contributed by atoms with van der Waals surface area (Å²) in [5.74, 6) is 1.42. The molecule has 0 fully saturated rings. The fourth-order valence-electron chi connectivity index (χ4n) is 3.20. The van der Waals surface area contributed by atoms with Crippen molar-refractivity contribution in [2.75, 3.05) is 6.54 Å². The van der Waals surface area contributed by atoms with E-state index >= 15 is 0 Å². The number of carbonyl (C=O) groups is 1. The molecule has 0 atom stereocenters. The van der Waals surface area contributed by atoms with Crippen molar-refractivity contribution in [2.45, 2.75) is 26.3 Å². The van der Waals surface area contributed by atoms with Crippen LogP contribution < -0.4 is 5.32 Å². The van der Waals surface area contributed by atoms with Crippen LogP contribution in [0.4, 0.5) is 0 Å². The molecule has 0 saturated carbocycles. The minimum Gasteiger partial charge on any atom is -0.350 e. The highest BCUT2D eigenvalue weighted by molar-refractivity contribution is 6.06. The summed E-state index contributed by atoms with van der Waals surface area (Å²) in [5.41, 5.74) is 4.93. The van der Waals surface area contributed by atoms with E-state index in [9.17, 15) is 4.79 Å². The Morgan fingerprint density at radius 3 is 2.65 bits per heavy atom. The van der Waals surface area contributed by atoms with Crippen molar-refractivity contribution in [2.24, 2.45) is 0 Å². The molecule has 2 heterocycles. The number of para-hydroxylation sites is 1. The molecule has 23 heavy (non-hydrogen) atoms. The lowest BCUT2D eigenvalue weighted by atomic mass is 10.0. The predicted molar refractivity (Wildman–Crippen MR) is 91.6 cm³/mol. The second-order valence-corrected chi connectivity index (χ2v) is 6.29. The van der Waals surface area contributed by atoms with E-state index in [1.807, 2.05) is 18.2 Å². The standard InChI is InChI=1S/C19H19N3O/c1-12(2)13-6-8-14(9-7-13)18-21-16-5-3-4-15-17(16)22(18)11-10-20-19(15)23/h3-9,12H,10-11H2,1-2H3,(H,20,23). The van der Waals surface area contributed by atoms with Crippen molar-refractivity contribution in [3.05, 3.63) is 53.6 Å². The van der Waals surface area contributed by atoms with E-state index in [1.54, 1.807) is 0 Å². The maximum absolute atomic E-state index is 12.2. The van der Waals surface area contributed by atoms with Gasteiger partial charge in [0, 0.05) is 18.7 Å². The van der Waals surface area contributed by atoms with Gasteiger partial charge in [0.1, 0.15) is 5.82 Å². The molecular formula is C19H19N3O. The number of hydrogen-bond acceptors (Lipinski definition) is 2. The Morgan fingerprint density at radius 1 is 1.13 bits per heavy atom. The van der Waals surface area contributed by atoms with Crippen LogP contribution in [0.1, 0.15) is 35.7 Å². The Morgan fingerprint density at radius 2 is 1.91 bits per heavy atom. The van der Waals surface area contributed by atoms with Gasteiger partial charge in [-0.3, -0.25) is 4.79 Å². The fourth-order valence-corrected chi connectivity index (χ4v) is 3.20. The number of benzene rings is 2. The fraction of sp³-hybridized carbons (Fsp3) is 0.263. The molecule has 2 aromatic carbocycles. The second-order valence-electron chi connectivity index (χ2n) is 6.29. The summed E-state index contributed by atoms with van der Waals surface area (Å²) in [6.07, 6.45) is 0. The molecule has 1 aromatic heterocycles. The van der Waals surface area contributed by atoms with Crippen LogP contribution in [0.15, 0.2) is 42.5 Å². The first-order chi connectivity index (χ1) is 11.1. The number of rotatable bonds is 2. The van der Waals surface area contributed by atoms with Crippen molar-refractivity contribution < 1.29 is 4.79 Å². The molecule has 4 rings (SSSR count). The van der Waals surface area contributed by atoms with Gasteiger partial charge in [-0.25, -0.2) is 4.98 Å². The maximum Gasteiger partial charge on any atom is 0.253 e. The van der Waals surface area contributed by atoms with Crippen molar-refractivity contribution in [3.63, 3.8) is 0 Å². The number of hydrogen-bond donors (Lipinski definition) is 1. The van der Waals surface area contributed by atoms with Gasteiger partial charge in [-0.1, -0.05) is 44.2 Å². The third-order valence-electron chi connectivity index (χ3n) is 4.47. The molecule has 1 aliphatic heterocycles. The quantitative estimate of drug-likeness (QED) is 0.787. The van der Waals surface area contributed by atoms with Crippen LogP contribution >= 0.6 is 0 Å². The highest BCUT2D eigenvalue weighted by Gasteiger charge is 2.21. The summed E-state index contributed by atoms with van der Waals surface area (Å²) in [6.45, 7) is 5.74. The number of amides is 1. The first-order valence-electron chi connectivity index (χ1n) is 8.03. The molecular weight excluding hydrogens is 286 g/mol. The molecule has 0 saturated heterocycles. The average molecular weight is 305 g/mol.